The Balaban J connectivity index is 0. The number of thiol groups is 1. The zero-order chi connectivity index (χ0) is 9.46. The Morgan fingerprint density at radius 1 is 0.571 bits per heavy atom. The molecule has 0 aliphatic heterocycles. The van der Waals surface area contributed by atoms with Gasteiger partial charge in [-0.25, -0.2) is 0 Å². The van der Waals surface area contributed by atoms with Crippen molar-refractivity contribution in [3.05, 3.63) is 17.9 Å². The Bertz CT molecular complexity index is 238. The molecule has 0 aliphatic rings. The largest absolute Gasteiger partial charge is 0.141 e. The molecule has 0 aromatic heterocycles. The summed E-state index contributed by atoms with van der Waals surface area (Å²) in [6.45, 7) is 0. The molecule has 0 nitrogen and oxygen atoms in total. The van der Waals surface area contributed by atoms with E-state index in [1.807, 2.05) is 0 Å². The number of rotatable bonds is 0. The molecule has 68 valence electrons. The number of halogens is 5. The van der Waals surface area contributed by atoms with Gasteiger partial charge in [0.1, 0.15) is 0 Å². The van der Waals surface area contributed by atoms with Crippen molar-refractivity contribution in [3.63, 3.8) is 0 Å². The topological polar surface area (TPSA) is 0 Å². The molecule has 0 atom stereocenters. The molecule has 0 heterocycles. The van der Waals surface area contributed by atoms with Crippen molar-refractivity contribution in [2.24, 2.45) is 0 Å². The van der Waals surface area contributed by atoms with Gasteiger partial charge in [-0.05, 0) is 113 Å². The van der Waals surface area contributed by atoms with Gasteiger partial charge in [0.15, 0.2) is 0 Å². The molecule has 0 aliphatic carbocycles. The van der Waals surface area contributed by atoms with E-state index in [2.05, 4.69) is 126 Å². The minimum absolute atomic E-state index is 0. The minimum Gasteiger partial charge on any atom is -0.141 e. The van der Waals surface area contributed by atoms with Crippen LogP contribution in [-0.4, -0.2) is 59.1 Å². The van der Waals surface area contributed by atoms with Gasteiger partial charge in [-0.1, -0.05) is 0 Å². The predicted molar refractivity (Wildman–Crippen MR) is 109 cm³/mol. The summed E-state index contributed by atoms with van der Waals surface area (Å²) >= 11 is 16.3. The summed E-state index contributed by atoms with van der Waals surface area (Å²) in [4.78, 5) is 1.10. The Morgan fingerprint density at radius 3 is 1.07 bits per heavy atom. The quantitative estimate of drug-likeness (QED) is 0.132. The Labute approximate surface area is 202 Å². The zero-order valence-electron chi connectivity index (χ0n) is 7.34. The van der Waals surface area contributed by atoms with Crippen LogP contribution in [0.5, 0.6) is 0 Å². The Kier molecular flexibility index (Phi) is 15.4. The summed E-state index contributed by atoms with van der Waals surface area (Å²) in [5, 5.41) is 0. The van der Waals surface area contributed by atoms with Gasteiger partial charge < -0.3 is 0 Å². The van der Waals surface area contributed by atoms with E-state index in [0.29, 0.717) is 0 Å². The molecule has 0 bridgehead atoms. The van der Waals surface area contributed by atoms with Crippen molar-refractivity contribution in [1.82, 2.24) is 0 Å². The fourth-order valence-corrected chi connectivity index (χ4v) is 6.00. The summed E-state index contributed by atoms with van der Waals surface area (Å²) in [6.07, 6.45) is 0. The average Bonchev–Trinajstić information content (AvgIpc) is 2.08. The summed E-state index contributed by atoms with van der Waals surface area (Å²) < 4.78 is 6.46. The van der Waals surface area contributed by atoms with Gasteiger partial charge >= 0.3 is 0 Å². The molecule has 0 amide bonds. The number of hydrogen-bond acceptors (Lipinski definition) is 1. The van der Waals surface area contributed by atoms with Crippen LogP contribution in [0.4, 0.5) is 0 Å². The van der Waals surface area contributed by atoms with Gasteiger partial charge in [0.25, 0.3) is 0 Å². The molecule has 1 aromatic rings. The SMILES string of the molecule is Sc1c(I)c(I)c(I)c(I)c1I.[Na].[Na]. The van der Waals surface area contributed by atoms with Gasteiger partial charge in [-0.2, -0.15) is 0 Å². The van der Waals surface area contributed by atoms with Gasteiger partial charge in [-0.3, -0.25) is 0 Å². The van der Waals surface area contributed by atoms with Crippen LogP contribution in [0, 0.1) is 17.9 Å². The van der Waals surface area contributed by atoms with Crippen molar-refractivity contribution in [3.8, 4) is 0 Å². The van der Waals surface area contributed by atoms with E-state index in [0.717, 1.165) is 4.90 Å². The van der Waals surface area contributed by atoms with Crippen molar-refractivity contribution in [2.45, 2.75) is 4.90 Å². The van der Waals surface area contributed by atoms with E-state index in [4.69, 9.17) is 0 Å². The third-order valence-corrected chi connectivity index (χ3v) is 12.0. The molecule has 1 rings (SSSR count). The third kappa shape index (κ3) is 5.31. The zero-order valence-corrected chi connectivity index (χ0v) is 23.0. The fourth-order valence-electron chi connectivity index (χ4n) is 0.593. The Morgan fingerprint density at radius 2 is 0.786 bits per heavy atom. The molecule has 0 fully saturated rings. The second kappa shape index (κ2) is 10.0. The molecular formula is C6HI5Na2S. The molecule has 1 aromatic carbocycles. The fraction of sp³-hybridized carbons (Fsp3) is 0. The van der Waals surface area contributed by atoms with Gasteiger partial charge in [-0.15, -0.1) is 12.6 Å². The minimum atomic E-state index is 0. The molecule has 0 saturated heterocycles. The molecule has 0 saturated carbocycles. The van der Waals surface area contributed by atoms with Crippen molar-refractivity contribution >= 4 is 185 Å². The maximum atomic E-state index is 4.47. The Hall–Kier alpha value is 5.22. The summed E-state index contributed by atoms with van der Waals surface area (Å²) in [7, 11) is 0. The van der Waals surface area contributed by atoms with Crippen LogP contribution in [0.3, 0.4) is 0 Å². The first kappa shape index (κ1) is 21.5. The summed E-state index contributed by atoms with van der Waals surface area (Å²) in [5.41, 5.74) is 0. The van der Waals surface area contributed by atoms with Crippen molar-refractivity contribution in [2.75, 3.05) is 0 Å². The maximum absolute atomic E-state index is 4.47. The van der Waals surface area contributed by atoms with Crippen molar-refractivity contribution in [1.29, 1.82) is 0 Å². The first-order valence-corrected chi connectivity index (χ1v) is 8.51. The average molecular weight is 786 g/mol. The van der Waals surface area contributed by atoms with E-state index in [-0.39, 0.29) is 59.1 Å². The van der Waals surface area contributed by atoms with Crippen LogP contribution in [0.1, 0.15) is 0 Å². The molecule has 2 radical (unpaired) electrons. The van der Waals surface area contributed by atoms with E-state index in [1.165, 1.54) is 17.9 Å². The second-order valence-corrected chi connectivity index (χ2v) is 7.76. The molecule has 14 heavy (non-hydrogen) atoms. The molecule has 0 spiro atoms. The number of hydrogen-bond donors (Lipinski definition) is 1. The van der Waals surface area contributed by atoms with E-state index >= 15 is 0 Å². The molecule has 0 N–H and O–H groups in total. The molecule has 8 heteroatoms. The van der Waals surface area contributed by atoms with Crippen LogP contribution in [0.15, 0.2) is 4.90 Å². The first-order chi connectivity index (χ1) is 5.46. The van der Waals surface area contributed by atoms with Crippen molar-refractivity contribution < 1.29 is 0 Å². The summed E-state index contributed by atoms with van der Waals surface area (Å²) in [6, 6.07) is 0. The molecular weight excluding hydrogens is 785 g/mol. The third-order valence-electron chi connectivity index (χ3n) is 1.19. The summed E-state index contributed by atoms with van der Waals surface area (Å²) in [5.74, 6) is 0. The number of benzene rings is 1. The smallest absolute Gasteiger partial charge is 0.0420 e. The van der Waals surface area contributed by atoms with Gasteiger partial charge in [0.05, 0.1) is 0 Å². The van der Waals surface area contributed by atoms with Crippen LogP contribution >= 0.6 is 126 Å². The second-order valence-electron chi connectivity index (χ2n) is 1.92. The van der Waals surface area contributed by atoms with E-state index in [9.17, 15) is 0 Å². The maximum Gasteiger partial charge on any atom is 0.0420 e. The van der Waals surface area contributed by atoms with Crippen LogP contribution in [-0.2, 0) is 0 Å². The van der Waals surface area contributed by atoms with Crippen LogP contribution in [0.25, 0.3) is 0 Å². The van der Waals surface area contributed by atoms with E-state index < -0.39 is 0 Å². The first-order valence-electron chi connectivity index (χ1n) is 2.67. The van der Waals surface area contributed by atoms with Gasteiger partial charge in [0, 0.05) is 81.9 Å². The van der Waals surface area contributed by atoms with E-state index in [1.54, 1.807) is 0 Å². The van der Waals surface area contributed by atoms with Gasteiger partial charge in [0.2, 0.25) is 0 Å². The predicted octanol–water partition coefficient (Wildman–Crippen LogP) is 4.24. The standard InChI is InChI=1S/C6HI5S.2Na/c7-1-2(8)4(10)6(12)5(11)3(1)9;;/h12H;;. The monoisotopic (exact) mass is 785 g/mol. The molecule has 0 unspecified atom stereocenters. The van der Waals surface area contributed by atoms with Crippen LogP contribution in [0.2, 0.25) is 0 Å². The van der Waals surface area contributed by atoms with Crippen LogP contribution < -0.4 is 0 Å². The normalized spacial score (nSPS) is 9.00.